The van der Waals surface area contributed by atoms with E-state index in [2.05, 4.69) is 10.3 Å². The molecule has 1 aliphatic heterocycles. The van der Waals surface area contributed by atoms with Gasteiger partial charge in [-0.3, -0.25) is 14.5 Å². The predicted octanol–water partition coefficient (Wildman–Crippen LogP) is 4.36. The van der Waals surface area contributed by atoms with Crippen molar-refractivity contribution >= 4 is 52.1 Å². The van der Waals surface area contributed by atoms with Gasteiger partial charge in [-0.15, -0.1) is 0 Å². The standard InChI is InChI=1S/C23H24ClN3O4S/c1-14(2)25-21(28)13-32-23-26-19(11-15-5-8-17(30-3)9-6-15)22(29)27(23)16-7-10-18(24)20(12-16)31-4/h5-12,14H,13H2,1-4H3,(H,25,28)/b19-11-. The van der Waals surface area contributed by atoms with Gasteiger partial charge in [-0.05, 0) is 49.8 Å². The number of amidine groups is 1. The smallest absolute Gasteiger partial charge is 0.283 e. The fraction of sp³-hybridized carbons (Fsp3) is 0.261. The summed E-state index contributed by atoms with van der Waals surface area (Å²) in [5, 5.41) is 3.67. The summed E-state index contributed by atoms with van der Waals surface area (Å²) in [5.74, 6) is 0.835. The van der Waals surface area contributed by atoms with E-state index in [1.807, 2.05) is 38.1 Å². The number of rotatable bonds is 7. The van der Waals surface area contributed by atoms with Crippen LogP contribution in [-0.2, 0) is 9.59 Å². The molecule has 0 atom stereocenters. The molecule has 0 radical (unpaired) electrons. The molecule has 3 rings (SSSR count). The summed E-state index contributed by atoms with van der Waals surface area (Å²) in [6, 6.07) is 12.4. The maximum absolute atomic E-state index is 13.3. The van der Waals surface area contributed by atoms with Gasteiger partial charge in [-0.25, -0.2) is 4.99 Å². The summed E-state index contributed by atoms with van der Waals surface area (Å²) < 4.78 is 10.5. The molecule has 32 heavy (non-hydrogen) atoms. The summed E-state index contributed by atoms with van der Waals surface area (Å²) in [5.41, 5.74) is 1.61. The molecule has 2 aromatic carbocycles. The second kappa shape index (κ2) is 10.6. The van der Waals surface area contributed by atoms with E-state index in [1.165, 1.54) is 23.8 Å². The number of benzene rings is 2. The SMILES string of the molecule is COc1ccc(/C=C2\N=C(SCC(=O)NC(C)C)N(c3ccc(Cl)c(OC)c3)C2=O)cc1. The van der Waals surface area contributed by atoms with Crippen LogP contribution in [0.2, 0.25) is 5.02 Å². The van der Waals surface area contributed by atoms with Gasteiger partial charge < -0.3 is 14.8 Å². The van der Waals surface area contributed by atoms with Crippen LogP contribution in [0.3, 0.4) is 0 Å². The molecule has 168 valence electrons. The average Bonchev–Trinajstić information content (AvgIpc) is 3.08. The first-order valence-corrected chi connectivity index (χ1v) is 11.2. The Bertz CT molecular complexity index is 1070. The number of amides is 2. The van der Waals surface area contributed by atoms with Gasteiger partial charge in [0.1, 0.15) is 17.2 Å². The van der Waals surface area contributed by atoms with Crippen molar-refractivity contribution in [1.29, 1.82) is 0 Å². The van der Waals surface area contributed by atoms with Crippen molar-refractivity contribution in [2.75, 3.05) is 24.9 Å². The lowest BCUT2D eigenvalue weighted by Crippen LogP contribution is -2.34. The number of aliphatic imine (C=N–C) groups is 1. The zero-order valence-corrected chi connectivity index (χ0v) is 19.8. The normalized spacial score (nSPS) is 14.7. The zero-order chi connectivity index (χ0) is 23.3. The Hall–Kier alpha value is -2.97. The van der Waals surface area contributed by atoms with E-state index in [0.717, 1.165) is 11.3 Å². The minimum absolute atomic E-state index is 0.0254. The van der Waals surface area contributed by atoms with E-state index >= 15 is 0 Å². The van der Waals surface area contributed by atoms with Crippen LogP contribution in [0, 0.1) is 0 Å². The molecular weight excluding hydrogens is 450 g/mol. The van der Waals surface area contributed by atoms with Crippen LogP contribution in [0.1, 0.15) is 19.4 Å². The molecule has 2 aromatic rings. The molecule has 1 N–H and O–H groups in total. The quantitative estimate of drug-likeness (QED) is 0.604. The number of halogens is 1. The van der Waals surface area contributed by atoms with Crippen molar-refractivity contribution in [3.8, 4) is 11.5 Å². The van der Waals surface area contributed by atoms with Crippen molar-refractivity contribution in [1.82, 2.24) is 5.32 Å². The number of ether oxygens (including phenoxy) is 2. The van der Waals surface area contributed by atoms with Crippen LogP contribution in [0.4, 0.5) is 5.69 Å². The maximum Gasteiger partial charge on any atom is 0.283 e. The number of carbonyl (C=O) groups excluding carboxylic acids is 2. The highest BCUT2D eigenvalue weighted by Crippen LogP contribution is 2.34. The number of anilines is 1. The molecule has 0 aromatic heterocycles. The minimum Gasteiger partial charge on any atom is -0.497 e. The third-order valence-electron chi connectivity index (χ3n) is 4.42. The Morgan fingerprint density at radius 3 is 2.53 bits per heavy atom. The van der Waals surface area contributed by atoms with Crippen molar-refractivity contribution in [3.05, 3.63) is 58.7 Å². The molecule has 0 unspecified atom stereocenters. The molecule has 2 amide bonds. The highest BCUT2D eigenvalue weighted by atomic mass is 35.5. The fourth-order valence-electron chi connectivity index (χ4n) is 2.96. The van der Waals surface area contributed by atoms with Gasteiger partial charge >= 0.3 is 0 Å². The number of methoxy groups -OCH3 is 2. The molecule has 7 nitrogen and oxygen atoms in total. The molecule has 1 aliphatic rings. The van der Waals surface area contributed by atoms with E-state index in [4.69, 9.17) is 21.1 Å². The average molecular weight is 474 g/mol. The van der Waals surface area contributed by atoms with Crippen molar-refractivity contribution < 1.29 is 19.1 Å². The monoisotopic (exact) mass is 473 g/mol. The first-order valence-electron chi connectivity index (χ1n) is 9.87. The van der Waals surface area contributed by atoms with Gasteiger partial charge in [0.05, 0.1) is 30.7 Å². The van der Waals surface area contributed by atoms with Crippen molar-refractivity contribution in [2.24, 2.45) is 4.99 Å². The lowest BCUT2D eigenvalue weighted by molar-refractivity contribution is -0.119. The van der Waals surface area contributed by atoms with E-state index < -0.39 is 0 Å². The molecule has 0 fully saturated rings. The van der Waals surface area contributed by atoms with E-state index in [9.17, 15) is 9.59 Å². The molecule has 9 heteroatoms. The van der Waals surface area contributed by atoms with Crippen LogP contribution in [0.25, 0.3) is 6.08 Å². The van der Waals surface area contributed by atoms with Crippen molar-refractivity contribution in [3.63, 3.8) is 0 Å². The van der Waals surface area contributed by atoms with Crippen LogP contribution in [-0.4, -0.2) is 43.0 Å². The van der Waals surface area contributed by atoms with Gasteiger partial charge in [-0.1, -0.05) is 35.5 Å². The molecule has 0 spiro atoms. The second-order valence-electron chi connectivity index (χ2n) is 7.17. The number of hydrogen-bond acceptors (Lipinski definition) is 6. The Kier molecular flexibility index (Phi) is 7.82. The number of carbonyl (C=O) groups is 2. The summed E-state index contributed by atoms with van der Waals surface area (Å²) in [6.45, 7) is 3.78. The lowest BCUT2D eigenvalue weighted by Gasteiger charge is -2.19. The lowest BCUT2D eigenvalue weighted by atomic mass is 10.2. The largest absolute Gasteiger partial charge is 0.497 e. The molecule has 1 heterocycles. The Balaban J connectivity index is 1.94. The molecule has 0 saturated carbocycles. The summed E-state index contributed by atoms with van der Waals surface area (Å²) in [6.07, 6.45) is 1.70. The minimum atomic E-state index is -0.308. The number of nitrogens with zero attached hydrogens (tertiary/aromatic N) is 2. The molecule has 0 bridgehead atoms. The highest BCUT2D eigenvalue weighted by Gasteiger charge is 2.33. The van der Waals surface area contributed by atoms with Gasteiger partial charge in [-0.2, -0.15) is 0 Å². The number of hydrogen-bond donors (Lipinski definition) is 1. The Labute approximate surface area is 196 Å². The fourth-order valence-corrected chi connectivity index (χ4v) is 3.98. The summed E-state index contributed by atoms with van der Waals surface area (Å²) >= 11 is 7.34. The van der Waals surface area contributed by atoms with Crippen LogP contribution >= 0.6 is 23.4 Å². The first-order chi connectivity index (χ1) is 15.3. The van der Waals surface area contributed by atoms with Gasteiger partial charge in [0.2, 0.25) is 5.91 Å². The maximum atomic E-state index is 13.3. The van der Waals surface area contributed by atoms with E-state index in [-0.39, 0.29) is 29.3 Å². The predicted molar refractivity (Wildman–Crippen MR) is 130 cm³/mol. The third-order valence-corrected chi connectivity index (χ3v) is 5.67. The summed E-state index contributed by atoms with van der Waals surface area (Å²) in [7, 11) is 3.10. The Morgan fingerprint density at radius 2 is 1.91 bits per heavy atom. The molecule has 0 saturated heterocycles. The van der Waals surface area contributed by atoms with Crippen LogP contribution in [0.5, 0.6) is 11.5 Å². The van der Waals surface area contributed by atoms with Gasteiger partial charge in [0.25, 0.3) is 5.91 Å². The summed E-state index contributed by atoms with van der Waals surface area (Å²) in [4.78, 5) is 31.4. The van der Waals surface area contributed by atoms with Gasteiger partial charge in [0, 0.05) is 12.1 Å². The van der Waals surface area contributed by atoms with Crippen molar-refractivity contribution in [2.45, 2.75) is 19.9 Å². The van der Waals surface area contributed by atoms with E-state index in [1.54, 1.807) is 31.4 Å². The number of nitrogens with one attached hydrogen (secondary N) is 1. The highest BCUT2D eigenvalue weighted by molar-refractivity contribution is 8.14. The second-order valence-corrected chi connectivity index (χ2v) is 8.52. The first kappa shape index (κ1) is 23.7. The zero-order valence-electron chi connectivity index (χ0n) is 18.2. The van der Waals surface area contributed by atoms with Crippen LogP contribution in [0.15, 0.2) is 53.2 Å². The van der Waals surface area contributed by atoms with E-state index in [0.29, 0.717) is 21.6 Å². The topological polar surface area (TPSA) is 80.2 Å². The third kappa shape index (κ3) is 5.63. The molecular formula is C23H24ClN3O4S. The Morgan fingerprint density at radius 1 is 1.19 bits per heavy atom. The number of thioether (sulfide) groups is 1. The van der Waals surface area contributed by atoms with Crippen LogP contribution < -0.4 is 19.7 Å². The van der Waals surface area contributed by atoms with Gasteiger partial charge in [0.15, 0.2) is 5.17 Å². The molecule has 0 aliphatic carbocycles.